The number of esters is 1. The third kappa shape index (κ3) is 6.08. The number of benzene rings is 1. The number of nitrogen functional groups attached to an aromatic ring is 2. The van der Waals surface area contributed by atoms with Gasteiger partial charge < -0.3 is 32.6 Å². The zero-order chi connectivity index (χ0) is 24.0. The van der Waals surface area contributed by atoms with Crippen LogP contribution in [-0.2, 0) is 16.1 Å². The van der Waals surface area contributed by atoms with Gasteiger partial charge in [-0.3, -0.25) is 4.79 Å². The number of rotatable bonds is 9. The second-order valence-corrected chi connectivity index (χ2v) is 7.41. The predicted molar refractivity (Wildman–Crippen MR) is 124 cm³/mol. The van der Waals surface area contributed by atoms with Crippen molar-refractivity contribution in [1.29, 1.82) is 0 Å². The number of ether oxygens (including phenoxy) is 1. The monoisotopic (exact) mass is 453 g/mol. The SMILES string of the molecule is CC(=O)N(Cc1cnc2nc(N)nc(N)c2n1)c1ccc(OC(=O)C(N)CCCCN)cc1. The molecule has 0 radical (unpaired) electrons. The first-order valence-electron chi connectivity index (χ1n) is 10.4. The number of nitrogens with zero attached hydrogens (tertiary/aromatic N) is 5. The predicted octanol–water partition coefficient (Wildman–Crippen LogP) is 0.499. The number of unbranched alkanes of at least 4 members (excludes halogenated alkanes) is 1. The molecule has 1 amide bonds. The van der Waals surface area contributed by atoms with Crippen LogP contribution in [-0.4, -0.2) is 44.4 Å². The molecule has 3 rings (SSSR count). The van der Waals surface area contributed by atoms with Gasteiger partial charge in [0.05, 0.1) is 18.4 Å². The van der Waals surface area contributed by atoms with Crippen molar-refractivity contribution in [2.24, 2.45) is 11.5 Å². The van der Waals surface area contributed by atoms with E-state index in [-0.39, 0.29) is 29.9 Å². The first kappa shape index (κ1) is 23.8. The molecule has 0 saturated heterocycles. The van der Waals surface area contributed by atoms with Gasteiger partial charge in [0.25, 0.3) is 0 Å². The van der Waals surface area contributed by atoms with E-state index in [0.29, 0.717) is 35.6 Å². The van der Waals surface area contributed by atoms with Crippen LogP contribution in [0, 0.1) is 0 Å². The summed E-state index contributed by atoms with van der Waals surface area (Å²) in [4.78, 5) is 42.4. The Kier molecular flexibility index (Phi) is 7.64. The van der Waals surface area contributed by atoms with Crippen LogP contribution in [0.1, 0.15) is 31.9 Å². The molecule has 2 heterocycles. The van der Waals surface area contributed by atoms with Crippen LogP contribution in [0.15, 0.2) is 30.5 Å². The van der Waals surface area contributed by atoms with Crippen molar-refractivity contribution < 1.29 is 14.3 Å². The van der Waals surface area contributed by atoms with E-state index in [0.717, 1.165) is 12.8 Å². The Morgan fingerprint density at radius 3 is 2.48 bits per heavy atom. The lowest BCUT2D eigenvalue weighted by molar-refractivity contribution is -0.136. The van der Waals surface area contributed by atoms with Crippen LogP contribution in [0.5, 0.6) is 5.75 Å². The molecule has 12 heteroatoms. The molecule has 1 unspecified atom stereocenters. The number of hydrogen-bond donors (Lipinski definition) is 4. The van der Waals surface area contributed by atoms with E-state index < -0.39 is 12.0 Å². The number of amides is 1. The zero-order valence-electron chi connectivity index (χ0n) is 18.3. The Balaban J connectivity index is 1.72. The van der Waals surface area contributed by atoms with Crippen LogP contribution < -0.4 is 32.6 Å². The van der Waals surface area contributed by atoms with Crippen molar-refractivity contribution in [3.05, 3.63) is 36.2 Å². The fraction of sp³-hybridized carbons (Fsp3) is 0.333. The Hall–Kier alpha value is -3.90. The standard InChI is InChI=1S/C21H27N9O3/c1-12(31)30(11-13-10-26-19-17(27-13)18(24)28-21(25)29-19)14-5-7-15(8-6-14)33-20(32)16(23)4-2-3-9-22/h5-8,10,16H,2-4,9,11,22-23H2,1H3,(H4,24,25,26,28,29). The van der Waals surface area contributed by atoms with Gasteiger partial charge in [0.15, 0.2) is 17.0 Å². The number of anilines is 3. The van der Waals surface area contributed by atoms with Gasteiger partial charge in [-0.05, 0) is 43.7 Å². The molecule has 0 aliphatic heterocycles. The lowest BCUT2D eigenvalue weighted by Crippen LogP contribution is -2.34. The van der Waals surface area contributed by atoms with Crippen molar-refractivity contribution >= 4 is 40.5 Å². The lowest BCUT2D eigenvalue weighted by atomic mass is 10.1. The van der Waals surface area contributed by atoms with Gasteiger partial charge in [-0.2, -0.15) is 9.97 Å². The van der Waals surface area contributed by atoms with E-state index >= 15 is 0 Å². The molecule has 0 saturated carbocycles. The van der Waals surface area contributed by atoms with Crippen molar-refractivity contribution in [3.63, 3.8) is 0 Å². The molecule has 12 nitrogen and oxygen atoms in total. The Labute approximate surface area is 190 Å². The molecule has 1 atom stereocenters. The molecular weight excluding hydrogens is 426 g/mol. The highest BCUT2D eigenvalue weighted by molar-refractivity contribution is 5.91. The second-order valence-electron chi connectivity index (χ2n) is 7.41. The highest BCUT2D eigenvalue weighted by atomic mass is 16.5. The van der Waals surface area contributed by atoms with Crippen molar-refractivity contribution in [3.8, 4) is 5.75 Å². The molecule has 3 aromatic rings. The Bertz CT molecular complexity index is 1140. The van der Waals surface area contributed by atoms with Crippen molar-refractivity contribution in [1.82, 2.24) is 19.9 Å². The maximum Gasteiger partial charge on any atom is 0.328 e. The third-order valence-electron chi connectivity index (χ3n) is 4.84. The van der Waals surface area contributed by atoms with E-state index in [1.807, 2.05) is 0 Å². The molecule has 174 valence electrons. The van der Waals surface area contributed by atoms with Gasteiger partial charge in [-0.1, -0.05) is 6.42 Å². The first-order chi connectivity index (χ1) is 15.8. The topological polar surface area (TPSA) is 202 Å². The number of hydrogen-bond acceptors (Lipinski definition) is 11. The average Bonchev–Trinajstić information content (AvgIpc) is 2.78. The van der Waals surface area contributed by atoms with Crippen LogP contribution >= 0.6 is 0 Å². The minimum atomic E-state index is -0.719. The average molecular weight is 454 g/mol. The summed E-state index contributed by atoms with van der Waals surface area (Å²) in [5.41, 5.74) is 24.4. The smallest absolute Gasteiger partial charge is 0.328 e. The molecule has 0 aliphatic carbocycles. The maximum absolute atomic E-state index is 12.3. The third-order valence-corrected chi connectivity index (χ3v) is 4.84. The number of carbonyl (C=O) groups is 2. The summed E-state index contributed by atoms with van der Waals surface area (Å²) in [7, 11) is 0. The second kappa shape index (κ2) is 10.6. The molecular formula is C21H27N9O3. The van der Waals surface area contributed by atoms with Gasteiger partial charge in [-0.25, -0.2) is 14.8 Å². The van der Waals surface area contributed by atoms with Crippen LogP contribution in [0.4, 0.5) is 17.5 Å². The lowest BCUT2D eigenvalue weighted by Gasteiger charge is -2.21. The van der Waals surface area contributed by atoms with Gasteiger partial charge in [0, 0.05) is 12.6 Å². The van der Waals surface area contributed by atoms with E-state index in [1.165, 1.54) is 18.0 Å². The van der Waals surface area contributed by atoms with Crippen LogP contribution in [0.25, 0.3) is 11.2 Å². The van der Waals surface area contributed by atoms with E-state index in [9.17, 15) is 9.59 Å². The first-order valence-corrected chi connectivity index (χ1v) is 10.4. The number of nitrogens with two attached hydrogens (primary N) is 4. The normalized spacial score (nSPS) is 11.8. The summed E-state index contributed by atoms with van der Waals surface area (Å²) >= 11 is 0. The minimum absolute atomic E-state index is 0.00437. The largest absolute Gasteiger partial charge is 0.425 e. The van der Waals surface area contributed by atoms with E-state index in [4.69, 9.17) is 27.7 Å². The summed E-state index contributed by atoms with van der Waals surface area (Å²) in [6.07, 6.45) is 3.54. The molecule has 0 bridgehead atoms. The fourth-order valence-electron chi connectivity index (χ4n) is 3.12. The molecule has 33 heavy (non-hydrogen) atoms. The summed E-state index contributed by atoms with van der Waals surface area (Å²) < 4.78 is 5.33. The van der Waals surface area contributed by atoms with E-state index in [2.05, 4.69) is 19.9 Å². The molecule has 0 spiro atoms. The summed E-state index contributed by atoms with van der Waals surface area (Å²) in [6.45, 7) is 2.12. The summed E-state index contributed by atoms with van der Waals surface area (Å²) in [5, 5.41) is 0. The molecule has 8 N–H and O–H groups in total. The van der Waals surface area contributed by atoms with Gasteiger partial charge in [0.2, 0.25) is 11.9 Å². The Morgan fingerprint density at radius 1 is 1.09 bits per heavy atom. The van der Waals surface area contributed by atoms with Gasteiger partial charge in [-0.15, -0.1) is 0 Å². The maximum atomic E-state index is 12.3. The van der Waals surface area contributed by atoms with Crippen LogP contribution in [0.2, 0.25) is 0 Å². The van der Waals surface area contributed by atoms with Gasteiger partial charge in [0.1, 0.15) is 11.8 Å². The highest BCUT2D eigenvalue weighted by Crippen LogP contribution is 2.23. The van der Waals surface area contributed by atoms with E-state index in [1.54, 1.807) is 24.3 Å². The van der Waals surface area contributed by atoms with Gasteiger partial charge >= 0.3 is 5.97 Å². The summed E-state index contributed by atoms with van der Waals surface area (Å²) in [6, 6.07) is 5.79. The fourth-order valence-corrected chi connectivity index (χ4v) is 3.12. The van der Waals surface area contributed by atoms with Crippen molar-refractivity contribution in [2.45, 2.75) is 38.8 Å². The zero-order valence-corrected chi connectivity index (χ0v) is 18.3. The Morgan fingerprint density at radius 2 is 1.82 bits per heavy atom. The highest BCUT2D eigenvalue weighted by Gasteiger charge is 2.18. The number of carbonyl (C=O) groups excluding carboxylic acids is 2. The molecule has 0 aliphatic rings. The minimum Gasteiger partial charge on any atom is -0.425 e. The molecule has 0 fully saturated rings. The molecule has 2 aromatic heterocycles. The van der Waals surface area contributed by atoms with Crippen LogP contribution in [0.3, 0.4) is 0 Å². The molecule has 1 aromatic carbocycles. The summed E-state index contributed by atoms with van der Waals surface area (Å²) in [5.74, 6) is -0.298. The number of fused-ring (bicyclic) bond motifs is 1. The quantitative estimate of drug-likeness (QED) is 0.199. The van der Waals surface area contributed by atoms with Crippen molar-refractivity contribution in [2.75, 3.05) is 22.9 Å². The number of aromatic nitrogens is 4.